The van der Waals surface area contributed by atoms with Crippen LogP contribution in [0.3, 0.4) is 0 Å². The van der Waals surface area contributed by atoms with Crippen molar-refractivity contribution >= 4 is 39.9 Å². The lowest BCUT2D eigenvalue weighted by Gasteiger charge is -2.28. The molecule has 184 valence electrons. The van der Waals surface area contributed by atoms with Gasteiger partial charge in [0.05, 0.1) is 12.7 Å². The summed E-state index contributed by atoms with van der Waals surface area (Å²) in [6.45, 7) is 1.71. The second-order valence-electron chi connectivity index (χ2n) is 9.10. The van der Waals surface area contributed by atoms with Crippen molar-refractivity contribution in [1.82, 2.24) is 29.8 Å². The summed E-state index contributed by atoms with van der Waals surface area (Å²) in [6.07, 6.45) is 6.70. The van der Waals surface area contributed by atoms with Crippen LogP contribution < -0.4 is 0 Å². The Balaban J connectivity index is 1.49. The highest BCUT2D eigenvalue weighted by atomic mass is 35.5. The van der Waals surface area contributed by atoms with Crippen LogP contribution in [0.2, 0.25) is 5.02 Å². The minimum Gasteiger partial charge on any atom is -0.350 e. The maximum absolute atomic E-state index is 12.9. The third-order valence-corrected chi connectivity index (χ3v) is 6.77. The van der Waals surface area contributed by atoms with E-state index in [0.717, 1.165) is 39.6 Å². The average Bonchev–Trinajstić information content (AvgIpc) is 3.56. The van der Waals surface area contributed by atoms with Crippen LogP contribution in [-0.4, -0.2) is 68.8 Å². The second-order valence-corrected chi connectivity index (χ2v) is 9.50. The molecule has 5 rings (SSSR count). The first kappa shape index (κ1) is 23.8. The molecule has 0 radical (unpaired) electrons. The van der Waals surface area contributed by atoms with Crippen molar-refractivity contribution in [3.05, 3.63) is 77.2 Å². The van der Waals surface area contributed by atoms with E-state index in [0.29, 0.717) is 36.8 Å². The molecule has 8 nitrogen and oxygen atoms in total. The molecule has 9 heteroatoms. The van der Waals surface area contributed by atoms with Gasteiger partial charge in [0.2, 0.25) is 5.91 Å². The van der Waals surface area contributed by atoms with Crippen LogP contribution >= 0.6 is 11.6 Å². The van der Waals surface area contributed by atoms with Crippen LogP contribution in [0.4, 0.5) is 0 Å². The fourth-order valence-corrected chi connectivity index (χ4v) is 4.81. The van der Waals surface area contributed by atoms with E-state index in [1.54, 1.807) is 36.1 Å². The zero-order valence-corrected chi connectivity index (χ0v) is 21.0. The number of rotatable bonds is 6. The van der Waals surface area contributed by atoms with Crippen LogP contribution in [0.5, 0.6) is 0 Å². The number of fused-ring (bicyclic) bond motifs is 1. The number of amides is 2. The van der Waals surface area contributed by atoms with Crippen LogP contribution in [0.1, 0.15) is 28.9 Å². The molecule has 0 saturated carbocycles. The van der Waals surface area contributed by atoms with Gasteiger partial charge in [-0.3, -0.25) is 14.3 Å². The summed E-state index contributed by atoms with van der Waals surface area (Å²) in [7, 11) is 3.46. The van der Waals surface area contributed by atoms with Crippen LogP contribution in [-0.2, 0) is 11.3 Å². The molecular formula is C27H27ClN6O2. The Labute approximate surface area is 214 Å². The molecule has 0 bridgehead atoms. The quantitative estimate of drug-likeness (QED) is 0.421. The lowest BCUT2D eigenvalue weighted by Crippen LogP contribution is -2.35. The molecule has 3 heterocycles. The van der Waals surface area contributed by atoms with Gasteiger partial charge in [-0.15, -0.1) is 5.10 Å². The zero-order valence-electron chi connectivity index (χ0n) is 20.2. The SMILES string of the molecule is CN(C)C(=O)c1cc2c(-c3ccccc3Cl)cc(C3=CCCN(C(=O)CCn4ccnn4)C3)cc2[nH]1. The van der Waals surface area contributed by atoms with E-state index in [2.05, 4.69) is 33.5 Å². The van der Waals surface area contributed by atoms with E-state index in [-0.39, 0.29) is 11.8 Å². The number of carbonyl (C=O) groups excluding carboxylic acids is 2. The molecular weight excluding hydrogens is 476 g/mol. The van der Waals surface area contributed by atoms with E-state index in [9.17, 15) is 9.59 Å². The number of halogens is 1. The third-order valence-electron chi connectivity index (χ3n) is 6.44. The van der Waals surface area contributed by atoms with Crippen molar-refractivity contribution in [2.45, 2.75) is 19.4 Å². The van der Waals surface area contributed by atoms with Crippen LogP contribution in [0.15, 0.2) is 60.9 Å². The number of aryl methyl sites for hydroxylation is 1. The van der Waals surface area contributed by atoms with Gasteiger partial charge in [-0.1, -0.05) is 41.1 Å². The number of hydrogen-bond acceptors (Lipinski definition) is 4. The van der Waals surface area contributed by atoms with Crippen LogP contribution in [0, 0.1) is 0 Å². The van der Waals surface area contributed by atoms with Crippen molar-refractivity contribution in [2.24, 2.45) is 0 Å². The molecule has 0 atom stereocenters. The standard InChI is InChI=1S/C27H27ClN6O2/c1-32(2)27(36)25-16-22-21(20-7-3-4-8-23(20)28)14-19(15-24(22)30-25)18-6-5-11-33(17-18)26(35)9-12-34-13-10-29-31-34/h3-4,6-8,10,13-16,30H,5,9,11-12,17H2,1-2H3. The molecule has 0 aliphatic carbocycles. The van der Waals surface area contributed by atoms with Gasteiger partial charge in [-0.05, 0) is 47.4 Å². The van der Waals surface area contributed by atoms with Crippen molar-refractivity contribution in [3.63, 3.8) is 0 Å². The Morgan fingerprint density at radius 2 is 1.97 bits per heavy atom. The highest BCUT2D eigenvalue weighted by Gasteiger charge is 2.22. The number of aromatic amines is 1. The molecule has 2 aromatic heterocycles. The largest absolute Gasteiger partial charge is 0.350 e. The molecule has 0 spiro atoms. The normalized spacial score (nSPS) is 13.6. The Bertz CT molecular complexity index is 1450. The van der Waals surface area contributed by atoms with E-state index >= 15 is 0 Å². The van der Waals surface area contributed by atoms with E-state index < -0.39 is 0 Å². The minimum absolute atomic E-state index is 0.0854. The van der Waals surface area contributed by atoms with Gasteiger partial charge >= 0.3 is 0 Å². The zero-order chi connectivity index (χ0) is 25.2. The second kappa shape index (κ2) is 9.99. The first-order chi connectivity index (χ1) is 17.4. The number of nitrogens with zero attached hydrogens (tertiary/aromatic N) is 5. The molecule has 1 aliphatic rings. The van der Waals surface area contributed by atoms with Gasteiger partial charge in [-0.2, -0.15) is 0 Å². The predicted octanol–water partition coefficient (Wildman–Crippen LogP) is 4.49. The topological polar surface area (TPSA) is 87.1 Å². The summed E-state index contributed by atoms with van der Waals surface area (Å²) in [5.41, 5.74) is 5.27. The molecule has 2 aromatic carbocycles. The summed E-state index contributed by atoms with van der Waals surface area (Å²) in [5.74, 6) is -0.0128. The number of nitrogens with one attached hydrogen (secondary N) is 1. The number of carbonyl (C=O) groups is 2. The summed E-state index contributed by atoms with van der Waals surface area (Å²) in [5, 5.41) is 9.30. The predicted molar refractivity (Wildman–Crippen MR) is 141 cm³/mol. The van der Waals surface area contributed by atoms with Crippen molar-refractivity contribution in [3.8, 4) is 11.1 Å². The summed E-state index contributed by atoms with van der Waals surface area (Å²) >= 11 is 6.59. The van der Waals surface area contributed by atoms with E-state index in [1.165, 1.54) is 0 Å². The van der Waals surface area contributed by atoms with Gasteiger partial charge in [0.1, 0.15) is 5.69 Å². The highest BCUT2D eigenvalue weighted by Crippen LogP contribution is 2.37. The molecule has 0 fully saturated rings. The summed E-state index contributed by atoms with van der Waals surface area (Å²) < 4.78 is 1.67. The first-order valence-corrected chi connectivity index (χ1v) is 12.2. The van der Waals surface area contributed by atoms with Crippen molar-refractivity contribution < 1.29 is 9.59 Å². The molecule has 36 heavy (non-hydrogen) atoms. The molecule has 4 aromatic rings. The van der Waals surface area contributed by atoms with E-state index in [1.807, 2.05) is 35.2 Å². The lowest BCUT2D eigenvalue weighted by atomic mass is 9.94. The Kier molecular flexibility index (Phi) is 6.61. The average molecular weight is 503 g/mol. The van der Waals surface area contributed by atoms with Gasteiger partial charge < -0.3 is 14.8 Å². The molecule has 0 unspecified atom stereocenters. The number of H-pyrrole nitrogens is 1. The van der Waals surface area contributed by atoms with Gasteiger partial charge in [0.15, 0.2) is 0 Å². The van der Waals surface area contributed by atoms with Crippen molar-refractivity contribution in [2.75, 3.05) is 27.2 Å². The fraction of sp³-hybridized carbons (Fsp3) is 0.259. The lowest BCUT2D eigenvalue weighted by molar-refractivity contribution is -0.131. The first-order valence-electron chi connectivity index (χ1n) is 11.9. The Morgan fingerprint density at radius 1 is 1.14 bits per heavy atom. The highest BCUT2D eigenvalue weighted by molar-refractivity contribution is 6.33. The third kappa shape index (κ3) is 4.77. The number of benzene rings is 2. The fourth-order valence-electron chi connectivity index (χ4n) is 4.57. The molecule has 1 aliphatic heterocycles. The maximum atomic E-state index is 12.9. The van der Waals surface area contributed by atoms with Crippen molar-refractivity contribution in [1.29, 1.82) is 0 Å². The number of aromatic nitrogens is 4. The summed E-state index contributed by atoms with van der Waals surface area (Å²) in [6, 6.07) is 13.7. The smallest absolute Gasteiger partial charge is 0.269 e. The van der Waals surface area contributed by atoms with Gasteiger partial charge in [-0.25, -0.2) is 0 Å². The number of hydrogen-bond donors (Lipinski definition) is 1. The maximum Gasteiger partial charge on any atom is 0.269 e. The Hall–Kier alpha value is -3.91. The van der Waals surface area contributed by atoms with Crippen LogP contribution in [0.25, 0.3) is 27.6 Å². The van der Waals surface area contributed by atoms with Gasteiger partial charge in [0, 0.05) is 61.3 Å². The van der Waals surface area contributed by atoms with Gasteiger partial charge in [0.25, 0.3) is 5.91 Å². The molecule has 1 N–H and O–H groups in total. The van der Waals surface area contributed by atoms with E-state index in [4.69, 9.17) is 11.6 Å². The minimum atomic E-state index is -0.0982. The Morgan fingerprint density at radius 3 is 2.72 bits per heavy atom. The molecule has 0 saturated heterocycles. The summed E-state index contributed by atoms with van der Waals surface area (Å²) in [4.78, 5) is 32.3. The monoisotopic (exact) mass is 502 g/mol. The molecule has 2 amide bonds.